The van der Waals surface area contributed by atoms with Gasteiger partial charge in [-0.25, -0.2) is 0 Å². The van der Waals surface area contributed by atoms with Crippen molar-refractivity contribution < 1.29 is 4.55 Å². The predicted octanol–water partition coefficient (Wildman–Crippen LogP) is 2.38. The van der Waals surface area contributed by atoms with Crippen LogP contribution < -0.4 is 0 Å². The van der Waals surface area contributed by atoms with Gasteiger partial charge in [0.25, 0.3) is 0 Å². The van der Waals surface area contributed by atoms with Crippen molar-refractivity contribution in [3.8, 4) is 0 Å². The second-order valence-electron chi connectivity index (χ2n) is 1.72. The van der Waals surface area contributed by atoms with Crippen LogP contribution >= 0.6 is 18.8 Å². The Hall–Kier alpha value is 0.740. The highest BCUT2D eigenvalue weighted by molar-refractivity contribution is 8.52. The fraction of sp³-hybridized carbons (Fsp3) is 1.00. The third-order valence-electron chi connectivity index (χ3n) is 1.18. The maximum absolute atomic E-state index is 8.51. The average molecular weight is 136 g/mol. The van der Waals surface area contributed by atoms with Gasteiger partial charge in [-0.05, 0) is 32.3 Å². The Kier molecular flexibility index (Phi) is 2.44. The fourth-order valence-electron chi connectivity index (χ4n) is 0.770. The summed E-state index contributed by atoms with van der Waals surface area (Å²) in [7, 11) is 0.0293. The molecule has 0 aliphatic carbocycles. The van der Waals surface area contributed by atoms with Gasteiger partial charge in [-0.3, -0.25) is 0 Å². The van der Waals surface area contributed by atoms with E-state index in [9.17, 15) is 0 Å². The molecule has 0 unspecified atom stereocenters. The van der Waals surface area contributed by atoms with E-state index in [0.717, 1.165) is 11.7 Å². The van der Waals surface area contributed by atoms with Crippen LogP contribution in [-0.2, 0) is 0 Å². The molecule has 1 fully saturated rings. The molecule has 1 aliphatic heterocycles. The van der Waals surface area contributed by atoms with Gasteiger partial charge in [0.2, 0.25) is 0 Å². The second kappa shape index (κ2) is 2.91. The quantitative estimate of drug-likeness (QED) is 0.441. The van der Waals surface area contributed by atoms with Crippen LogP contribution in [0.1, 0.15) is 12.8 Å². The van der Waals surface area contributed by atoms with Crippen molar-refractivity contribution in [2.75, 3.05) is 12.3 Å². The minimum atomic E-state index is 0.0293. The molecule has 7 heavy (non-hydrogen) atoms. The van der Waals surface area contributed by atoms with Gasteiger partial charge in [0.1, 0.15) is 0 Å². The zero-order valence-corrected chi connectivity index (χ0v) is 5.84. The fourth-order valence-corrected chi connectivity index (χ4v) is 3.57. The van der Waals surface area contributed by atoms with E-state index in [-0.39, 0.29) is 7.12 Å². The Labute approximate surface area is 49.2 Å². The van der Waals surface area contributed by atoms with Crippen molar-refractivity contribution in [2.45, 2.75) is 12.8 Å². The van der Waals surface area contributed by atoms with Crippen molar-refractivity contribution in [3.05, 3.63) is 0 Å². The van der Waals surface area contributed by atoms with E-state index in [4.69, 9.17) is 4.55 Å². The first-order chi connectivity index (χ1) is 3.43. The van der Waals surface area contributed by atoms with Crippen molar-refractivity contribution in [1.29, 1.82) is 0 Å². The average Bonchev–Trinajstić information content (AvgIpc) is 2.14. The lowest BCUT2D eigenvalue weighted by Crippen LogP contribution is -1.64. The second-order valence-corrected chi connectivity index (χ2v) is 5.78. The van der Waals surface area contributed by atoms with Crippen LogP contribution in [0.15, 0.2) is 0 Å². The molecule has 1 rings (SSSR count). The number of hydrogen-bond acceptors (Lipinski definition) is 2. The number of hydrogen-bond donors (Lipinski definition) is 1. The molecule has 0 aromatic rings. The number of rotatable bonds is 1. The third kappa shape index (κ3) is 1.60. The van der Waals surface area contributed by atoms with Gasteiger partial charge in [0, 0.05) is 11.7 Å². The van der Waals surface area contributed by atoms with E-state index < -0.39 is 0 Å². The van der Waals surface area contributed by atoms with Crippen LogP contribution in [0.3, 0.4) is 0 Å². The van der Waals surface area contributed by atoms with Crippen LogP contribution in [0.25, 0.3) is 0 Å². The molecule has 0 amide bonds. The van der Waals surface area contributed by atoms with Gasteiger partial charge in [0.05, 0.1) is 0 Å². The lowest BCUT2D eigenvalue weighted by Gasteiger charge is -1.98. The maximum Gasteiger partial charge on any atom is 0.0137 e. The van der Waals surface area contributed by atoms with Crippen LogP contribution in [0.2, 0.25) is 0 Å². The minimum Gasteiger partial charge on any atom is -0.326 e. The zero-order valence-electron chi connectivity index (χ0n) is 4.13. The van der Waals surface area contributed by atoms with E-state index in [1.807, 2.05) is 0 Å². The van der Waals surface area contributed by atoms with Gasteiger partial charge in [-0.2, -0.15) is 0 Å². The summed E-state index contributed by atoms with van der Waals surface area (Å²) in [6.07, 6.45) is 5.27. The smallest absolute Gasteiger partial charge is 0.0137 e. The predicted molar refractivity (Wildman–Crippen MR) is 36.1 cm³/mol. The van der Waals surface area contributed by atoms with Crippen LogP contribution in [0, 0.1) is 0 Å². The first-order valence-electron chi connectivity index (χ1n) is 2.50. The summed E-state index contributed by atoms with van der Waals surface area (Å²) in [5.41, 5.74) is 0. The molecule has 0 radical (unpaired) electrons. The lowest BCUT2D eigenvalue weighted by molar-refractivity contribution is 0.675. The molecule has 1 nitrogen and oxygen atoms in total. The van der Waals surface area contributed by atoms with Gasteiger partial charge < -0.3 is 4.55 Å². The molecule has 42 valence electrons. The Morgan fingerprint density at radius 3 is 2.14 bits per heavy atom. The van der Waals surface area contributed by atoms with Crippen LogP contribution in [0.5, 0.6) is 0 Å². The van der Waals surface area contributed by atoms with E-state index in [1.165, 1.54) is 25.2 Å². The Bertz CT molecular complexity index is 53.7. The molecule has 1 aliphatic rings. The molecule has 0 saturated carbocycles. The van der Waals surface area contributed by atoms with E-state index in [1.54, 1.807) is 0 Å². The Morgan fingerprint density at radius 1 is 1.29 bits per heavy atom. The first kappa shape index (κ1) is 5.87. The molecule has 1 heterocycles. The maximum atomic E-state index is 8.51. The SMILES string of the molecule is OSP1CCCC1. The monoisotopic (exact) mass is 136 g/mol. The summed E-state index contributed by atoms with van der Waals surface area (Å²) in [6.45, 7) is 0. The molecule has 0 spiro atoms. The lowest BCUT2D eigenvalue weighted by atomic mass is 10.4. The largest absolute Gasteiger partial charge is 0.326 e. The Morgan fingerprint density at radius 2 is 1.86 bits per heavy atom. The van der Waals surface area contributed by atoms with Crippen LogP contribution in [0.4, 0.5) is 0 Å². The van der Waals surface area contributed by atoms with E-state index in [2.05, 4.69) is 0 Å². The van der Waals surface area contributed by atoms with Gasteiger partial charge >= 0.3 is 0 Å². The highest BCUT2D eigenvalue weighted by Gasteiger charge is 2.13. The van der Waals surface area contributed by atoms with Crippen molar-refractivity contribution >= 4 is 18.8 Å². The molecule has 0 bridgehead atoms. The highest BCUT2D eigenvalue weighted by Crippen LogP contribution is 2.52. The van der Waals surface area contributed by atoms with Crippen molar-refractivity contribution in [3.63, 3.8) is 0 Å². The summed E-state index contributed by atoms with van der Waals surface area (Å²) < 4.78 is 8.51. The standard InChI is InChI=1S/C4H9OPS/c5-7-6-3-1-2-4-6/h5H,1-4H2. The normalized spacial score (nSPS) is 23.6. The van der Waals surface area contributed by atoms with E-state index >= 15 is 0 Å². The minimum absolute atomic E-state index is 0.0293. The molecule has 1 N–H and O–H groups in total. The molecule has 0 aromatic carbocycles. The summed E-state index contributed by atoms with van der Waals surface area (Å²) in [4.78, 5) is 0. The zero-order chi connectivity index (χ0) is 5.11. The molecule has 3 heteroatoms. The summed E-state index contributed by atoms with van der Waals surface area (Å²) in [5, 5.41) is 0. The first-order valence-corrected chi connectivity index (χ1v) is 5.59. The molecular formula is C4H9OPS. The summed E-state index contributed by atoms with van der Waals surface area (Å²) in [5.74, 6) is 0. The third-order valence-corrected chi connectivity index (χ3v) is 4.83. The molecule has 0 aromatic heterocycles. The molecular weight excluding hydrogens is 127 g/mol. The topological polar surface area (TPSA) is 20.2 Å². The highest BCUT2D eigenvalue weighted by atomic mass is 32.7. The van der Waals surface area contributed by atoms with Gasteiger partial charge in [0.15, 0.2) is 0 Å². The van der Waals surface area contributed by atoms with Gasteiger partial charge in [-0.15, -0.1) is 0 Å². The summed E-state index contributed by atoms with van der Waals surface area (Å²) in [6, 6.07) is 0. The van der Waals surface area contributed by atoms with E-state index in [0.29, 0.717) is 0 Å². The molecule has 1 saturated heterocycles. The van der Waals surface area contributed by atoms with Gasteiger partial charge in [-0.1, -0.05) is 0 Å². The van der Waals surface area contributed by atoms with Crippen molar-refractivity contribution in [1.82, 2.24) is 0 Å². The van der Waals surface area contributed by atoms with Crippen LogP contribution in [-0.4, -0.2) is 16.9 Å². The Balaban J connectivity index is 2.14. The van der Waals surface area contributed by atoms with Crippen molar-refractivity contribution in [2.24, 2.45) is 0 Å². The molecule has 0 atom stereocenters. The summed E-state index contributed by atoms with van der Waals surface area (Å²) >= 11 is 1.10.